The molecule has 3 aromatic rings. The number of aliphatic imine (C=N–C) groups is 1. The second kappa shape index (κ2) is 19.8. The molecule has 3 atom stereocenters. The number of esters is 1. The molecule has 296 valence electrons. The molecule has 12 nitrogen and oxygen atoms in total. The van der Waals surface area contributed by atoms with Crippen molar-refractivity contribution < 1.29 is 28.7 Å². The topological polar surface area (TPSA) is 187 Å². The van der Waals surface area contributed by atoms with E-state index in [1.54, 1.807) is 31.6 Å². The minimum atomic E-state index is -1.10. The number of carbonyl (C=O) groups excluding carboxylic acids is 4. The third kappa shape index (κ3) is 13.8. The fourth-order valence-corrected chi connectivity index (χ4v) is 8.44. The van der Waals surface area contributed by atoms with E-state index in [1.165, 1.54) is 10.8 Å². The summed E-state index contributed by atoms with van der Waals surface area (Å²) in [7, 11) is 2.98. The average molecular weight is 791 g/mol. The molecule has 3 aromatic carbocycles. The lowest BCUT2D eigenvalue weighted by molar-refractivity contribution is -0.158. The molecule has 55 heavy (non-hydrogen) atoms. The molecule has 0 heterocycles. The standard InChI is InChI=1S/C41H54N6O6S2/c1-40(2,3)53-37(50)33(23-26-15-8-7-9-16-26)46-35(48)32(21-14-22-44-38(42)43)45-36(49)34(25-54-55-41(4,5)6)47-39(51)52-24-31-29-19-12-10-17-27(29)28-18-11-13-20-30(28)31/h7-13,15-20,31-34H,14,21-25H2,1-6H3,(H,45,49)(H,46,48)(H,47,51)(H4,42,43,44)/t32-,33-,34-/m0/s1. The van der Waals surface area contributed by atoms with Crippen molar-refractivity contribution in [1.29, 1.82) is 0 Å². The smallest absolute Gasteiger partial charge is 0.407 e. The molecule has 1 aliphatic rings. The van der Waals surface area contributed by atoms with E-state index >= 15 is 0 Å². The van der Waals surface area contributed by atoms with Crippen molar-refractivity contribution in [2.45, 2.75) is 95.2 Å². The molecule has 0 radical (unpaired) electrons. The molecule has 14 heteroatoms. The van der Waals surface area contributed by atoms with Gasteiger partial charge in [0, 0.05) is 29.4 Å². The number of hydrogen-bond acceptors (Lipinski definition) is 9. The number of alkyl carbamates (subject to hydrolysis) is 1. The second-order valence-electron chi connectivity index (χ2n) is 15.3. The molecule has 0 saturated carbocycles. The predicted octanol–water partition coefficient (Wildman–Crippen LogP) is 5.68. The number of hydrogen-bond donors (Lipinski definition) is 5. The van der Waals surface area contributed by atoms with Gasteiger partial charge in [-0.3, -0.25) is 14.6 Å². The summed E-state index contributed by atoms with van der Waals surface area (Å²) in [6, 6.07) is 22.1. The summed E-state index contributed by atoms with van der Waals surface area (Å²) in [6.07, 6.45) is -0.110. The van der Waals surface area contributed by atoms with Crippen LogP contribution in [0.5, 0.6) is 0 Å². The van der Waals surface area contributed by atoms with Gasteiger partial charge in [0.25, 0.3) is 0 Å². The number of carbonyl (C=O) groups is 4. The Bertz CT molecular complexity index is 1760. The van der Waals surface area contributed by atoms with Crippen LogP contribution < -0.4 is 27.4 Å². The van der Waals surface area contributed by atoms with Gasteiger partial charge in [-0.1, -0.05) is 121 Å². The van der Waals surface area contributed by atoms with Crippen LogP contribution in [0.2, 0.25) is 0 Å². The number of nitrogens with one attached hydrogen (secondary N) is 3. The van der Waals surface area contributed by atoms with E-state index in [2.05, 4.69) is 33.1 Å². The predicted molar refractivity (Wildman–Crippen MR) is 222 cm³/mol. The third-order valence-electron chi connectivity index (χ3n) is 8.36. The molecule has 0 aliphatic heterocycles. The Morgan fingerprint density at radius 2 is 1.33 bits per heavy atom. The van der Waals surface area contributed by atoms with Gasteiger partial charge in [0.1, 0.15) is 30.3 Å². The normalized spacial score (nSPS) is 14.0. The quantitative estimate of drug-likeness (QED) is 0.0375. The molecule has 0 aromatic heterocycles. The lowest BCUT2D eigenvalue weighted by Crippen LogP contribution is -2.57. The minimum Gasteiger partial charge on any atom is -0.458 e. The summed E-state index contributed by atoms with van der Waals surface area (Å²) in [5.41, 5.74) is 15.4. The number of rotatable bonds is 17. The van der Waals surface area contributed by atoms with Crippen LogP contribution in [0.4, 0.5) is 4.79 Å². The van der Waals surface area contributed by atoms with Crippen LogP contribution in [0.3, 0.4) is 0 Å². The van der Waals surface area contributed by atoms with Crippen LogP contribution in [0.25, 0.3) is 11.1 Å². The lowest BCUT2D eigenvalue weighted by atomic mass is 9.98. The van der Waals surface area contributed by atoms with Gasteiger partial charge in [-0.15, -0.1) is 0 Å². The lowest BCUT2D eigenvalue weighted by Gasteiger charge is -2.27. The molecule has 0 spiro atoms. The van der Waals surface area contributed by atoms with Gasteiger partial charge in [-0.2, -0.15) is 0 Å². The highest BCUT2D eigenvalue weighted by molar-refractivity contribution is 8.77. The molecule has 7 N–H and O–H groups in total. The van der Waals surface area contributed by atoms with Gasteiger partial charge in [0.15, 0.2) is 5.96 Å². The largest absolute Gasteiger partial charge is 0.458 e. The first kappa shape index (κ1) is 43.0. The van der Waals surface area contributed by atoms with Gasteiger partial charge in [-0.25, -0.2) is 9.59 Å². The molecule has 4 rings (SSSR count). The number of fused-ring (bicyclic) bond motifs is 3. The maximum Gasteiger partial charge on any atom is 0.407 e. The zero-order valence-corrected chi connectivity index (χ0v) is 34.1. The van der Waals surface area contributed by atoms with Crippen molar-refractivity contribution in [3.63, 3.8) is 0 Å². The Morgan fingerprint density at radius 3 is 1.91 bits per heavy atom. The fourth-order valence-electron chi connectivity index (χ4n) is 5.98. The first-order valence-electron chi connectivity index (χ1n) is 18.4. The van der Waals surface area contributed by atoms with Crippen LogP contribution in [-0.4, -0.2) is 77.2 Å². The van der Waals surface area contributed by atoms with E-state index in [1.807, 2.05) is 87.5 Å². The Morgan fingerprint density at radius 1 is 0.764 bits per heavy atom. The fraction of sp³-hybridized carbons (Fsp3) is 0.439. The van der Waals surface area contributed by atoms with Gasteiger partial charge >= 0.3 is 12.1 Å². The van der Waals surface area contributed by atoms with Crippen LogP contribution in [0, 0.1) is 0 Å². The first-order chi connectivity index (χ1) is 26.0. The number of nitrogens with zero attached hydrogens (tertiary/aromatic N) is 1. The monoisotopic (exact) mass is 790 g/mol. The summed E-state index contributed by atoms with van der Waals surface area (Å²) < 4.78 is 11.3. The molecule has 1 aliphatic carbocycles. The van der Waals surface area contributed by atoms with E-state index in [0.717, 1.165) is 27.8 Å². The Balaban J connectivity index is 1.51. The zero-order valence-electron chi connectivity index (χ0n) is 32.4. The highest BCUT2D eigenvalue weighted by Crippen LogP contribution is 2.44. The maximum absolute atomic E-state index is 14.0. The van der Waals surface area contributed by atoms with Crippen molar-refractivity contribution in [3.8, 4) is 11.1 Å². The summed E-state index contributed by atoms with van der Waals surface area (Å²) in [6.45, 7) is 11.7. The van der Waals surface area contributed by atoms with Crippen molar-refractivity contribution in [2.75, 3.05) is 18.9 Å². The van der Waals surface area contributed by atoms with E-state index in [4.69, 9.17) is 20.9 Å². The van der Waals surface area contributed by atoms with Crippen LogP contribution in [0.1, 0.15) is 77.0 Å². The molecular weight excluding hydrogens is 737 g/mol. The Hall–Kier alpha value is -4.69. The Kier molecular flexibility index (Phi) is 15.5. The highest BCUT2D eigenvalue weighted by Gasteiger charge is 2.33. The molecule has 0 bridgehead atoms. The maximum atomic E-state index is 14.0. The number of amides is 3. The zero-order chi connectivity index (χ0) is 40.2. The highest BCUT2D eigenvalue weighted by atomic mass is 33.1. The average Bonchev–Trinajstić information content (AvgIpc) is 3.43. The van der Waals surface area contributed by atoms with Crippen LogP contribution in [0.15, 0.2) is 83.9 Å². The van der Waals surface area contributed by atoms with Crippen molar-refractivity contribution in [2.24, 2.45) is 16.5 Å². The van der Waals surface area contributed by atoms with E-state index in [9.17, 15) is 19.2 Å². The number of nitrogens with two attached hydrogens (primary N) is 2. The van der Waals surface area contributed by atoms with Gasteiger partial charge < -0.3 is 36.9 Å². The van der Waals surface area contributed by atoms with E-state index in [0.29, 0.717) is 6.42 Å². The molecule has 0 unspecified atom stereocenters. The van der Waals surface area contributed by atoms with Gasteiger partial charge in [-0.05, 0) is 61.4 Å². The Labute approximate surface area is 332 Å². The third-order valence-corrected chi connectivity index (χ3v) is 11.7. The molecule has 0 saturated heterocycles. The minimum absolute atomic E-state index is 0.0708. The summed E-state index contributed by atoms with van der Waals surface area (Å²) in [4.78, 5) is 58.8. The summed E-state index contributed by atoms with van der Waals surface area (Å²) in [5.74, 6) is -1.87. The number of benzene rings is 3. The van der Waals surface area contributed by atoms with Gasteiger partial charge in [0.2, 0.25) is 11.8 Å². The second-order valence-corrected chi connectivity index (χ2v) is 18.5. The van der Waals surface area contributed by atoms with Crippen molar-refractivity contribution in [3.05, 3.63) is 95.6 Å². The van der Waals surface area contributed by atoms with Crippen molar-refractivity contribution in [1.82, 2.24) is 16.0 Å². The summed E-state index contributed by atoms with van der Waals surface area (Å²) >= 11 is 0. The molecule has 0 fully saturated rings. The van der Waals surface area contributed by atoms with E-state index < -0.39 is 47.6 Å². The van der Waals surface area contributed by atoms with Crippen LogP contribution in [-0.2, 0) is 30.3 Å². The van der Waals surface area contributed by atoms with Gasteiger partial charge in [0.05, 0.1) is 0 Å². The van der Waals surface area contributed by atoms with Crippen LogP contribution >= 0.6 is 21.6 Å². The van der Waals surface area contributed by atoms with E-state index in [-0.39, 0.29) is 48.4 Å². The summed E-state index contributed by atoms with van der Waals surface area (Å²) in [5, 5.41) is 8.40. The number of guanidine groups is 1. The molecular formula is C41H54N6O6S2. The first-order valence-corrected chi connectivity index (χ1v) is 20.7. The molecule has 3 amide bonds. The SMILES string of the molecule is CC(C)(C)OC(=O)[C@H](Cc1ccccc1)NC(=O)[C@H](CCCN=C(N)N)NC(=O)[C@H](CSSC(C)(C)C)NC(=O)OCC1c2ccccc2-c2ccccc21. The van der Waals surface area contributed by atoms with Crippen molar-refractivity contribution >= 4 is 51.4 Å². The number of ether oxygens (including phenoxy) is 2.